The van der Waals surface area contributed by atoms with Crippen molar-refractivity contribution in [3.63, 3.8) is 0 Å². The van der Waals surface area contributed by atoms with Gasteiger partial charge < -0.3 is 11.5 Å². The molecule has 0 aromatic rings. The second kappa shape index (κ2) is 6.21. The largest absolute Gasteiger partial charge is 0.391 e. The first-order valence-electron chi connectivity index (χ1n) is 4.49. The summed E-state index contributed by atoms with van der Waals surface area (Å²) in [6, 6.07) is 0. The van der Waals surface area contributed by atoms with Gasteiger partial charge in [-0.2, -0.15) is 13.2 Å². The maximum atomic E-state index is 12.3. The highest BCUT2D eigenvalue weighted by atomic mass is 19.4. The van der Waals surface area contributed by atoms with Crippen molar-refractivity contribution in [2.75, 3.05) is 13.1 Å². The number of hydrogen-bond acceptors (Lipinski definition) is 2. The average molecular weight is 198 g/mol. The van der Waals surface area contributed by atoms with Gasteiger partial charge in [-0.25, -0.2) is 0 Å². The van der Waals surface area contributed by atoms with Crippen LogP contribution in [0.3, 0.4) is 0 Å². The highest BCUT2D eigenvalue weighted by Gasteiger charge is 2.37. The monoisotopic (exact) mass is 198 g/mol. The van der Waals surface area contributed by atoms with Crippen molar-refractivity contribution in [2.45, 2.75) is 31.9 Å². The van der Waals surface area contributed by atoms with Crippen molar-refractivity contribution < 1.29 is 13.2 Å². The van der Waals surface area contributed by atoms with Gasteiger partial charge in [0.25, 0.3) is 0 Å². The molecule has 0 saturated heterocycles. The smallest absolute Gasteiger partial charge is 0.330 e. The van der Waals surface area contributed by atoms with E-state index >= 15 is 0 Å². The van der Waals surface area contributed by atoms with Crippen LogP contribution in [0.5, 0.6) is 0 Å². The molecule has 80 valence electrons. The highest BCUT2D eigenvalue weighted by Crippen LogP contribution is 2.32. The van der Waals surface area contributed by atoms with Crippen LogP contribution in [0.1, 0.15) is 25.7 Å². The summed E-state index contributed by atoms with van der Waals surface area (Å²) in [5, 5.41) is 0. The normalized spacial score (nSPS) is 12.5. The van der Waals surface area contributed by atoms with Crippen LogP contribution in [-0.2, 0) is 0 Å². The van der Waals surface area contributed by atoms with E-state index < -0.39 is 12.1 Å². The SMILES string of the molecule is NCCCC(CCCN)C(F)(F)F. The summed E-state index contributed by atoms with van der Waals surface area (Å²) in [5.74, 6) is -1.22. The quantitative estimate of drug-likeness (QED) is 0.681. The van der Waals surface area contributed by atoms with E-state index in [2.05, 4.69) is 0 Å². The predicted molar refractivity (Wildman–Crippen MR) is 46.1 cm³/mol. The molecule has 5 heteroatoms. The fraction of sp³-hybridized carbons (Fsp3) is 1.00. The van der Waals surface area contributed by atoms with E-state index in [1.807, 2.05) is 0 Å². The van der Waals surface area contributed by atoms with Crippen LogP contribution >= 0.6 is 0 Å². The molecule has 0 bridgehead atoms. The van der Waals surface area contributed by atoms with E-state index in [1.54, 1.807) is 0 Å². The molecule has 13 heavy (non-hydrogen) atoms. The summed E-state index contributed by atoms with van der Waals surface area (Å²) in [4.78, 5) is 0. The Kier molecular flexibility index (Phi) is 6.07. The van der Waals surface area contributed by atoms with Crippen LogP contribution in [0, 0.1) is 5.92 Å². The van der Waals surface area contributed by atoms with Crippen LogP contribution < -0.4 is 11.5 Å². The van der Waals surface area contributed by atoms with Crippen LogP contribution in [0.15, 0.2) is 0 Å². The average Bonchev–Trinajstić information content (AvgIpc) is 2.02. The Bertz CT molecular complexity index is 117. The van der Waals surface area contributed by atoms with Crippen LogP contribution in [0.25, 0.3) is 0 Å². The lowest BCUT2D eigenvalue weighted by molar-refractivity contribution is -0.178. The number of rotatable bonds is 6. The number of halogens is 3. The second-order valence-corrected chi connectivity index (χ2v) is 3.10. The van der Waals surface area contributed by atoms with Gasteiger partial charge in [-0.15, -0.1) is 0 Å². The Labute approximate surface area is 76.5 Å². The van der Waals surface area contributed by atoms with Crippen LogP contribution in [-0.4, -0.2) is 19.3 Å². The first-order valence-corrected chi connectivity index (χ1v) is 4.49. The molecule has 2 nitrogen and oxygen atoms in total. The minimum absolute atomic E-state index is 0.125. The van der Waals surface area contributed by atoms with Gasteiger partial charge in [0.15, 0.2) is 0 Å². The van der Waals surface area contributed by atoms with Crippen molar-refractivity contribution in [1.82, 2.24) is 0 Å². The third-order valence-electron chi connectivity index (χ3n) is 1.98. The molecule has 0 fully saturated rings. The maximum Gasteiger partial charge on any atom is 0.391 e. The van der Waals surface area contributed by atoms with E-state index in [9.17, 15) is 13.2 Å². The Balaban J connectivity index is 3.88. The Morgan fingerprint density at radius 2 is 1.31 bits per heavy atom. The maximum absolute atomic E-state index is 12.3. The highest BCUT2D eigenvalue weighted by molar-refractivity contribution is 4.68. The standard InChI is InChI=1S/C8H17F3N2/c9-8(10,11)7(3-1-5-12)4-2-6-13/h7H,1-6,12-13H2. The lowest BCUT2D eigenvalue weighted by atomic mass is 9.97. The lowest BCUT2D eigenvalue weighted by Crippen LogP contribution is -2.24. The molecular weight excluding hydrogens is 181 g/mol. The first-order chi connectivity index (χ1) is 6.02. The molecule has 0 saturated carbocycles. The minimum Gasteiger partial charge on any atom is -0.330 e. The van der Waals surface area contributed by atoms with Gasteiger partial charge in [-0.3, -0.25) is 0 Å². The molecule has 0 rings (SSSR count). The van der Waals surface area contributed by atoms with Gasteiger partial charge in [0.1, 0.15) is 0 Å². The Morgan fingerprint density at radius 1 is 0.923 bits per heavy atom. The summed E-state index contributed by atoms with van der Waals surface area (Å²) in [6.07, 6.45) is -2.99. The van der Waals surface area contributed by atoms with E-state index in [-0.39, 0.29) is 12.8 Å². The van der Waals surface area contributed by atoms with Crippen LogP contribution in [0.4, 0.5) is 13.2 Å². The summed E-state index contributed by atoms with van der Waals surface area (Å²) in [5.41, 5.74) is 10.3. The number of alkyl halides is 3. The van der Waals surface area contributed by atoms with Gasteiger partial charge in [-0.1, -0.05) is 0 Å². The molecule has 0 radical (unpaired) electrons. The molecule has 0 amide bonds. The van der Waals surface area contributed by atoms with Gasteiger partial charge in [-0.05, 0) is 38.8 Å². The third kappa shape index (κ3) is 5.87. The van der Waals surface area contributed by atoms with Crippen molar-refractivity contribution >= 4 is 0 Å². The predicted octanol–water partition coefficient (Wildman–Crippen LogP) is 1.64. The van der Waals surface area contributed by atoms with Gasteiger partial charge in [0.05, 0.1) is 5.92 Å². The summed E-state index contributed by atoms with van der Waals surface area (Å²) in [7, 11) is 0. The summed E-state index contributed by atoms with van der Waals surface area (Å²) in [6.45, 7) is 0.629. The second-order valence-electron chi connectivity index (χ2n) is 3.10. The zero-order chi connectivity index (χ0) is 10.3. The molecule has 0 unspecified atom stereocenters. The zero-order valence-electron chi connectivity index (χ0n) is 7.61. The molecule has 0 aliphatic carbocycles. The van der Waals surface area contributed by atoms with Crippen molar-refractivity contribution in [2.24, 2.45) is 17.4 Å². The fourth-order valence-corrected chi connectivity index (χ4v) is 1.20. The summed E-state index contributed by atoms with van der Waals surface area (Å²) >= 11 is 0. The lowest BCUT2D eigenvalue weighted by Gasteiger charge is -2.19. The minimum atomic E-state index is -4.09. The van der Waals surface area contributed by atoms with E-state index in [4.69, 9.17) is 11.5 Å². The van der Waals surface area contributed by atoms with E-state index in [0.29, 0.717) is 25.9 Å². The topological polar surface area (TPSA) is 52.0 Å². The zero-order valence-corrected chi connectivity index (χ0v) is 7.61. The molecule has 0 aromatic carbocycles. The number of hydrogen-bond donors (Lipinski definition) is 2. The molecule has 0 aromatic heterocycles. The Morgan fingerprint density at radius 3 is 1.54 bits per heavy atom. The molecule has 0 atom stereocenters. The van der Waals surface area contributed by atoms with Gasteiger partial charge in [0.2, 0.25) is 0 Å². The molecule has 0 heterocycles. The molecule has 0 spiro atoms. The van der Waals surface area contributed by atoms with Gasteiger partial charge in [0, 0.05) is 0 Å². The van der Waals surface area contributed by atoms with E-state index in [1.165, 1.54) is 0 Å². The van der Waals surface area contributed by atoms with Crippen molar-refractivity contribution in [3.8, 4) is 0 Å². The molecular formula is C8H17F3N2. The summed E-state index contributed by atoms with van der Waals surface area (Å²) < 4.78 is 36.9. The van der Waals surface area contributed by atoms with E-state index in [0.717, 1.165) is 0 Å². The number of nitrogens with two attached hydrogens (primary N) is 2. The first kappa shape index (κ1) is 12.7. The fourth-order valence-electron chi connectivity index (χ4n) is 1.20. The molecule has 0 aliphatic heterocycles. The third-order valence-corrected chi connectivity index (χ3v) is 1.98. The van der Waals surface area contributed by atoms with Crippen molar-refractivity contribution in [1.29, 1.82) is 0 Å². The van der Waals surface area contributed by atoms with Crippen molar-refractivity contribution in [3.05, 3.63) is 0 Å². The van der Waals surface area contributed by atoms with Gasteiger partial charge >= 0.3 is 6.18 Å². The molecule has 0 aliphatic rings. The molecule has 4 N–H and O–H groups in total. The van der Waals surface area contributed by atoms with Crippen LogP contribution in [0.2, 0.25) is 0 Å². The Hall–Kier alpha value is -0.290.